The third-order valence-corrected chi connectivity index (χ3v) is 4.54. The van der Waals surface area contributed by atoms with E-state index in [-0.39, 0.29) is 5.56 Å². The average molecular weight is 335 g/mol. The molecular formula is C14H11BrN2OS. The van der Waals surface area contributed by atoms with E-state index in [1.807, 2.05) is 24.4 Å². The Morgan fingerprint density at radius 2 is 2.05 bits per heavy atom. The molecule has 0 fully saturated rings. The lowest BCUT2D eigenvalue weighted by atomic mass is 10.0. The molecule has 0 saturated carbocycles. The molecule has 0 amide bonds. The zero-order valence-electron chi connectivity index (χ0n) is 10.5. The first-order valence-corrected chi connectivity index (χ1v) is 7.48. The molecule has 0 radical (unpaired) electrons. The Hall–Kier alpha value is -1.46. The summed E-state index contributed by atoms with van der Waals surface area (Å²) in [6.45, 7) is 3.83. The summed E-state index contributed by atoms with van der Waals surface area (Å²) >= 11 is 5.05. The summed E-state index contributed by atoms with van der Waals surface area (Å²) in [6.07, 6.45) is 0. The van der Waals surface area contributed by atoms with Crippen LogP contribution in [0.1, 0.15) is 11.4 Å². The van der Waals surface area contributed by atoms with Gasteiger partial charge in [-0.25, -0.2) is 4.98 Å². The first kappa shape index (κ1) is 12.6. The first-order chi connectivity index (χ1) is 9.06. The second-order valence-electron chi connectivity index (χ2n) is 4.46. The zero-order chi connectivity index (χ0) is 13.6. The topological polar surface area (TPSA) is 45.8 Å². The van der Waals surface area contributed by atoms with Crippen LogP contribution in [0.4, 0.5) is 0 Å². The van der Waals surface area contributed by atoms with E-state index in [4.69, 9.17) is 0 Å². The van der Waals surface area contributed by atoms with Gasteiger partial charge in [0.1, 0.15) is 10.7 Å². The summed E-state index contributed by atoms with van der Waals surface area (Å²) in [5, 5.41) is 2.66. The highest BCUT2D eigenvalue weighted by molar-refractivity contribution is 9.10. The highest BCUT2D eigenvalue weighted by Gasteiger charge is 2.14. The predicted octanol–water partition coefficient (Wildman–Crippen LogP) is 4.03. The molecule has 0 aliphatic heterocycles. The van der Waals surface area contributed by atoms with Gasteiger partial charge < -0.3 is 4.98 Å². The molecule has 0 bridgehead atoms. The van der Waals surface area contributed by atoms with E-state index in [9.17, 15) is 4.79 Å². The fraction of sp³-hybridized carbons (Fsp3) is 0.143. The van der Waals surface area contributed by atoms with Gasteiger partial charge in [0, 0.05) is 15.4 Å². The van der Waals surface area contributed by atoms with E-state index in [1.54, 1.807) is 6.92 Å². The number of thiophene rings is 1. The Kier molecular flexibility index (Phi) is 3.03. The van der Waals surface area contributed by atoms with E-state index < -0.39 is 0 Å². The number of nitrogens with one attached hydrogen (secondary N) is 1. The van der Waals surface area contributed by atoms with Crippen LogP contribution >= 0.6 is 27.3 Å². The number of halogens is 1. The minimum absolute atomic E-state index is 0.0767. The molecule has 0 spiro atoms. The molecule has 0 aliphatic rings. The fourth-order valence-electron chi connectivity index (χ4n) is 2.10. The smallest absolute Gasteiger partial charge is 0.260 e. The number of aromatic amines is 1. The maximum absolute atomic E-state index is 12.1. The van der Waals surface area contributed by atoms with Crippen LogP contribution in [-0.4, -0.2) is 9.97 Å². The third-order valence-electron chi connectivity index (χ3n) is 2.97. The van der Waals surface area contributed by atoms with Crippen LogP contribution in [0.5, 0.6) is 0 Å². The standard InChI is InChI=1S/C14H11BrN2OS/c1-7-3-4-11(15)9(5-7)10-6-19-14-12(10)13(18)16-8(2)17-14/h3-6H,1-2H3,(H,16,17,18). The van der Waals surface area contributed by atoms with E-state index in [2.05, 4.69) is 32.0 Å². The Morgan fingerprint density at radius 3 is 2.84 bits per heavy atom. The maximum atomic E-state index is 12.1. The molecule has 3 nitrogen and oxygen atoms in total. The van der Waals surface area contributed by atoms with E-state index in [1.165, 1.54) is 11.3 Å². The van der Waals surface area contributed by atoms with Crippen molar-refractivity contribution < 1.29 is 0 Å². The molecule has 0 saturated heterocycles. The Bertz CT molecular complexity index is 835. The molecule has 3 aromatic rings. The second kappa shape index (κ2) is 4.58. The highest BCUT2D eigenvalue weighted by Crippen LogP contribution is 2.35. The van der Waals surface area contributed by atoms with Gasteiger partial charge in [0.25, 0.3) is 5.56 Å². The normalized spacial score (nSPS) is 11.1. The number of H-pyrrole nitrogens is 1. The van der Waals surface area contributed by atoms with Gasteiger partial charge >= 0.3 is 0 Å². The number of fused-ring (bicyclic) bond motifs is 1. The SMILES string of the molecule is Cc1ccc(Br)c(-c2csc3nc(C)[nH]c(=O)c23)c1. The molecule has 0 atom stereocenters. The third kappa shape index (κ3) is 2.13. The van der Waals surface area contributed by atoms with Crippen LogP contribution in [0.2, 0.25) is 0 Å². The van der Waals surface area contributed by atoms with Gasteiger partial charge in [-0.15, -0.1) is 11.3 Å². The lowest BCUT2D eigenvalue weighted by Crippen LogP contribution is -2.08. The second-order valence-corrected chi connectivity index (χ2v) is 6.18. The summed E-state index contributed by atoms with van der Waals surface area (Å²) in [5.74, 6) is 0.647. The Balaban J connectivity index is 2.38. The number of hydrogen-bond donors (Lipinski definition) is 1. The molecule has 5 heteroatoms. The molecule has 2 aromatic heterocycles. The van der Waals surface area contributed by atoms with Crippen molar-refractivity contribution >= 4 is 37.5 Å². The molecule has 3 rings (SSSR count). The molecule has 0 aliphatic carbocycles. The van der Waals surface area contributed by atoms with Gasteiger partial charge in [-0.2, -0.15) is 0 Å². The van der Waals surface area contributed by atoms with Crippen LogP contribution in [0, 0.1) is 13.8 Å². The molecular weight excluding hydrogens is 324 g/mol. The molecule has 2 heterocycles. The van der Waals surface area contributed by atoms with E-state index in [0.717, 1.165) is 26.0 Å². The molecule has 0 unspecified atom stereocenters. The largest absolute Gasteiger partial charge is 0.310 e. The fourth-order valence-corrected chi connectivity index (χ4v) is 3.54. The minimum atomic E-state index is -0.0767. The van der Waals surface area contributed by atoms with Gasteiger partial charge in [0.05, 0.1) is 5.39 Å². The van der Waals surface area contributed by atoms with Gasteiger partial charge in [0.2, 0.25) is 0 Å². The van der Waals surface area contributed by atoms with Crippen LogP contribution in [0.15, 0.2) is 32.8 Å². The predicted molar refractivity (Wildman–Crippen MR) is 82.9 cm³/mol. The van der Waals surface area contributed by atoms with Crippen molar-refractivity contribution in [2.24, 2.45) is 0 Å². The number of benzene rings is 1. The van der Waals surface area contributed by atoms with Crippen molar-refractivity contribution in [3.05, 3.63) is 49.8 Å². The first-order valence-electron chi connectivity index (χ1n) is 5.81. The Labute approximate surface area is 122 Å². The molecule has 19 heavy (non-hydrogen) atoms. The van der Waals surface area contributed by atoms with Crippen molar-refractivity contribution in [3.63, 3.8) is 0 Å². The van der Waals surface area contributed by atoms with Crippen LogP contribution in [0.3, 0.4) is 0 Å². The summed E-state index contributed by atoms with van der Waals surface area (Å²) in [7, 11) is 0. The van der Waals surface area contributed by atoms with E-state index >= 15 is 0 Å². The Morgan fingerprint density at radius 1 is 1.26 bits per heavy atom. The maximum Gasteiger partial charge on any atom is 0.260 e. The van der Waals surface area contributed by atoms with Crippen molar-refractivity contribution in [3.8, 4) is 11.1 Å². The van der Waals surface area contributed by atoms with Gasteiger partial charge in [-0.3, -0.25) is 4.79 Å². The van der Waals surface area contributed by atoms with Crippen molar-refractivity contribution in [1.82, 2.24) is 9.97 Å². The van der Waals surface area contributed by atoms with Crippen molar-refractivity contribution in [2.45, 2.75) is 13.8 Å². The average Bonchev–Trinajstić information content (AvgIpc) is 2.76. The molecule has 1 aromatic carbocycles. The summed E-state index contributed by atoms with van der Waals surface area (Å²) in [6, 6.07) is 6.11. The summed E-state index contributed by atoms with van der Waals surface area (Å²) in [5.41, 5.74) is 3.05. The monoisotopic (exact) mass is 334 g/mol. The van der Waals surface area contributed by atoms with Gasteiger partial charge in [-0.05, 0) is 25.5 Å². The number of aromatic nitrogens is 2. The zero-order valence-corrected chi connectivity index (χ0v) is 12.9. The van der Waals surface area contributed by atoms with Crippen molar-refractivity contribution in [1.29, 1.82) is 0 Å². The highest BCUT2D eigenvalue weighted by atomic mass is 79.9. The lowest BCUT2D eigenvalue weighted by molar-refractivity contribution is 1.07. The minimum Gasteiger partial charge on any atom is -0.310 e. The van der Waals surface area contributed by atoms with Crippen LogP contribution in [0.25, 0.3) is 21.3 Å². The van der Waals surface area contributed by atoms with E-state index in [0.29, 0.717) is 11.2 Å². The number of hydrogen-bond acceptors (Lipinski definition) is 3. The number of rotatable bonds is 1. The van der Waals surface area contributed by atoms with Crippen molar-refractivity contribution in [2.75, 3.05) is 0 Å². The lowest BCUT2D eigenvalue weighted by Gasteiger charge is -2.04. The molecule has 96 valence electrons. The van der Waals surface area contributed by atoms with Crippen LogP contribution < -0.4 is 5.56 Å². The molecule has 1 N–H and O–H groups in total. The number of aryl methyl sites for hydroxylation is 2. The quantitative estimate of drug-likeness (QED) is 0.730. The number of nitrogens with zero attached hydrogens (tertiary/aromatic N) is 1. The summed E-state index contributed by atoms with van der Waals surface area (Å²) < 4.78 is 0.984. The summed E-state index contributed by atoms with van der Waals surface area (Å²) in [4.78, 5) is 20.1. The van der Waals surface area contributed by atoms with Crippen LogP contribution in [-0.2, 0) is 0 Å². The van der Waals surface area contributed by atoms with Gasteiger partial charge in [-0.1, -0.05) is 33.6 Å². The van der Waals surface area contributed by atoms with Gasteiger partial charge in [0.15, 0.2) is 0 Å².